The van der Waals surface area contributed by atoms with E-state index in [9.17, 15) is 18.4 Å². The molecule has 2 N–H and O–H groups in total. The summed E-state index contributed by atoms with van der Waals surface area (Å²) in [5.74, 6) is 0.775. The van der Waals surface area contributed by atoms with Gasteiger partial charge in [0.25, 0.3) is 12.3 Å². The minimum atomic E-state index is -2.68. The summed E-state index contributed by atoms with van der Waals surface area (Å²) >= 11 is 0. The second-order valence-electron chi connectivity index (χ2n) is 8.84. The Bertz CT molecular complexity index is 1420. The lowest BCUT2D eigenvalue weighted by Gasteiger charge is -2.12. The quantitative estimate of drug-likeness (QED) is 0.279. The Labute approximate surface area is 219 Å². The van der Waals surface area contributed by atoms with Crippen LogP contribution in [0.2, 0.25) is 0 Å². The van der Waals surface area contributed by atoms with Gasteiger partial charge in [0.05, 0.1) is 11.3 Å². The zero-order valence-corrected chi connectivity index (χ0v) is 21.0. The molecule has 9 heteroatoms. The van der Waals surface area contributed by atoms with E-state index in [1.54, 1.807) is 18.5 Å². The second kappa shape index (κ2) is 12.1. The van der Waals surface area contributed by atoms with E-state index in [2.05, 4.69) is 25.6 Å². The first-order chi connectivity index (χ1) is 18.4. The molecule has 1 saturated carbocycles. The fraction of sp³-hybridized carbons (Fsp3) is 0.207. The van der Waals surface area contributed by atoms with Gasteiger partial charge in [0, 0.05) is 42.8 Å². The summed E-state index contributed by atoms with van der Waals surface area (Å²) in [4.78, 5) is 34.5. The van der Waals surface area contributed by atoms with Crippen molar-refractivity contribution in [3.05, 3.63) is 90.0 Å². The molecule has 4 aromatic rings. The van der Waals surface area contributed by atoms with Crippen LogP contribution in [0, 0.1) is 12.8 Å². The van der Waals surface area contributed by atoms with Crippen LogP contribution in [0.25, 0.3) is 22.4 Å². The van der Waals surface area contributed by atoms with Crippen LogP contribution in [0.15, 0.2) is 73.2 Å². The van der Waals surface area contributed by atoms with Crippen molar-refractivity contribution >= 4 is 23.7 Å². The third-order valence-electron chi connectivity index (χ3n) is 5.96. The number of rotatable bonds is 7. The molecule has 1 amide bonds. The maximum atomic E-state index is 12.7. The molecule has 0 bridgehead atoms. The third kappa shape index (κ3) is 6.82. The van der Waals surface area contributed by atoms with Gasteiger partial charge in [0.2, 0.25) is 0 Å². The number of aromatic nitrogens is 3. The molecule has 7 nitrogen and oxygen atoms in total. The standard InChI is InChI=1S/C25H21F2N5O.C4H6O/c1-15-3-5-19(32-25(33)18-4-6-21(24(26)27)31-14-18)13-20(15)16-7-9-29-22(11-16)17-8-10-30-23(12-17)28-2;5-3-4-1-2-4/h3-14,24H,1-2H3,(H,28,30)(H,32,33);3-4H,1-2H2. The molecule has 0 unspecified atom stereocenters. The lowest BCUT2D eigenvalue weighted by atomic mass is 9.99. The van der Waals surface area contributed by atoms with E-state index >= 15 is 0 Å². The van der Waals surface area contributed by atoms with Gasteiger partial charge in [-0.25, -0.2) is 13.8 Å². The lowest BCUT2D eigenvalue weighted by Crippen LogP contribution is -2.12. The maximum Gasteiger partial charge on any atom is 0.280 e. The highest BCUT2D eigenvalue weighted by molar-refractivity contribution is 6.04. The number of nitrogens with zero attached hydrogens (tertiary/aromatic N) is 3. The lowest BCUT2D eigenvalue weighted by molar-refractivity contribution is -0.108. The van der Waals surface area contributed by atoms with Crippen molar-refractivity contribution in [3.8, 4) is 22.4 Å². The number of hydrogen-bond acceptors (Lipinski definition) is 6. The molecule has 1 aromatic carbocycles. The van der Waals surface area contributed by atoms with Gasteiger partial charge in [0.1, 0.15) is 17.8 Å². The molecular formula is C29H27F2N5O2. The molecule has 0 atom stereocenters. The van der Waals surface area contributed by atoms with Gasteiger partial charge in [-0.2, -0.15) is 0 Å². The Morgan fingerprint density at radius 1 is 0.974 bits per heavy atom. The minimum Gasteiger partial charge on any atom is -0.373 e. The number of benzene rings is 1. The highest BCUT2D eigenvalue weighted by Gasteiger charge is 2.19. The average molecular weight is 516 g/mol. The molecule has 0 radical (unpaired) electrons. The van der Waals surface area contributed by atoms with E-state index in [-0.39, 0.29) is 11.3 Å². The van der Waals surface area contributed by atoms with Gasteiger partial charge >= 0.3 is 0 Å². The van der Waals surface area contributed by atoms with Crippen LogP contribution in [0.5, 0.6) is 0 Å². The SMILES string of the molecule is CNc1cc(-c2cc(-c3cc(NC(=O)c4ccc(C(F)F)nc4)ccc3C)ccn2)ccn1.O=CC1CC1. The van der Waals surface area contributed by atoms with Crippen molar-refractivity contribution in [1.29, 1.82) is 0 Å². The molecule has 0 spiro atoms. The first-order valence-electron chi connectivity index (χ1n) is 12.1. The summed E-state index contributed by atoms with van der Waals surface area (Å²) in [7, 11) is 1.81. The number of alkyl halides is 2. The van der Waals surface area contributed by atoms with Gasteiger partial charge < -0.3 is 15.4 Å². The Morgan fingerprint density at radius 3 is 2.37 bits per heavy atom. The smallest absolute Gasteiger partial charge is 0.280 e. The van der Waals surface area contributed by atoms with Crippen LogP contribution < -0.4 is 10.6 Å². The van der Waals surface area contributed by atoms with Gasteiger partial charge in [0.15, 0.2) is 0 Å². The number of aldehydes is 1. The van der Waals surface area contributed by atoms with E-state index in [1.165, 1.54) is 6.07 Å². The molecule has 1 aliphatic carbocycles. The number of aryl methyl sites for hydroxylation is 1. The van der Waals surface area contributed by atoms with Gasteiger partial charge in [-0.05, 0) is 85.0 Å². The largest absolute Gasteiger partial charge is 0.373 e. The van der Waals surface area contributed by atoms with Gasteiger partial charge in [-0.3, -0.25) is 14.8 Å². The normalized spacial score (nSPS) is 12.3. The van der Waals surface area contributed by atoms with Gasteiger partial charge in [-0.1, -0.05) is 6.07 Å². The number of nitrogens with one attached hydrogen (secondary N) is 2. The first kappa shape index (κ1) is 26.5. The van der Waals surface area contributed by atoms with Crippen molar-refractivity contribution in [3.63, 3.8) is 0 Å². The first-order valence-corrected chi connectivity index (χ1v) is 12.1. The van der Waals surface area contributed by atoms with Crippen LogP contribution in [0.3, 0.4) is 0 Å². The monoisotopic (exact) mass is 515 g/mol. The fourth-order valence-electron chi connectivity index (χ4n) is 3.60. The summed E-state index contributed by atoms with van der Waals surface area (Å²) in [5, 5.41) is 5.83. The maximum absolute atomic E-state index is 12.7. The van der Waals surface area contributed by atoms with Crippen molar-refractivity contribution in [2.75, 3.05) is 17.7 Å². The predicted molar refractivity (Wildman–Crippen MR) is 143 cm³/mol. The van der Waals surface area contributed by atoms with E-state index in [0.717, 1.165) is 65.2 Å². The van der Waals surface area contributed by atoms with E-state index in [0.29, 0.717) is 11.6 Å². The molecular weight excluding hydrogens is 488 g/mol. The second-order valence-corrected chi connectivity index (χ2v) is 8.84. The molecule has 38 heavy (non-hydrogen) atoms. The minimum absolute atomic E-state index is 0.200. The summed E-state index contributed by atoms with van der Waals surface area (Å²) in [6.07, 6.45) is 5.25. The Hall–Kier alpha value is -4.53. The Balaban J connectivity index is 0.000000603. The molecule has 1 fully saturated rings. The summed E-state index contributed by atoms with van der Waals surface area (Å²) < 4.78 is 25.4. The van der Waals surface area contributed by atoms with Crippen LogP contribution in [0.1, 0.15) is 40.9 Å². The van der Waals surface area contributed by atoms with Crippen LogP contribution in [-0.2, 0) is 4.79 Å². The highest BCUT2D eigenvalue weighted by atomic mass is 19.3. The highest BCUT2D eigenvalue weighted by Crippen LogP contribution is 2.30. The number of amides is 1. The summed E-state index contributed by atoms with van der Waals surface area (Å²) in [5.41, 5.74) is 5.05. The third-order valence-corrected chi connectivity index (χ3v) is 5.96. The number of hydrogen-bond donors (Lipinski definition) is 2. The van der Waals surface area contributed by atoms with Gasteiger partial charge in [-0.15, -0.1) is 0 Å². The molecule has 1 aliphatic rings. The number of halogens is 2. The average Bonchev–Trinajstić information content (AvgIpc) is 3.79. The van der Waals surface area contributed by atoms with Crippen LogP contribution in [-0.4, -0.2) is 34.2 Å². The van der Waals surface area contributed by atoms with Crippen molar-refractivity contribution < 1.29 is 18.4 Å². The van der Waals surface area contributed by atoms with Crippen molar-refractivity contribution in [1.82, 2.24) is 15.0 Å². The molecule has 0 aliphatic heterocycles. The van der Waals surface area contributed by atoms with E-state index < -0.39 is 12.3 Å². The molecule has 5 rings (SSSR count). The number of pyridine rings is 3. The molecule has 194 valence electrons. The Kier molecular flexibility index (Phi) is 8.47. The summed E-state index contributed by atoms with van der Waals surface area (Å²) in [6.45, 7) is 1.99. The van der Waals surface area contributed by atoms with Crippen LogP contribution in [0.4, 0.5) is 20.3 Å². The molecule has 3 aromatic heterocycles. The zero-order chi connectivity index (χ0) is 27.1. The van der Waals surface area contributed by atoms with E-state index in [4.69, 9.17) is 0 Å². The fourth-order valence-corrected chi connectivity index (χ4v) is 3.60. The molecule has 0 saturated heterocycles. The van der Waals surface area contributed by atoms with Crippen molar-refractivity contribution in [2.24, 2.45) is 5.92 Å². The summed E-state index contributed by atoms with van der Waals surface area (Å²) in [6, 6.07) is 15.8. The number of carbonyl (C=O) groups excluding carboxylic acids is 2. The van der Waals surface area contributed by atoms with E-state index in [1.807, 2.05) is 50.4 Å². The number of carbonyl (C=O) groups is 2. The number of anilines is 2. The predicted octanol–water partition coefficient (Wildman–Crippen LogP) is 6.34. The molecule has 3 heterocycles. The zero-order valence-electron chi connectivity index (χ0n) is 21.0. The van der Waals surface area contributed by atoms with Crippen molar-refractivity contribution in [2.45, 2.75) is 26.2 Å². The Morgan fingerprint density at radius 2 is 1.74 bits per heavy atom. The van der Waals surface area contributed by atoms with Crippen LogP contribution >= 0.6 is 0 Å². The topological polar surface area (TPSA) is 96.9 Å².